The lowest BCUT2D eigenvalue weighted by Crippen LogP contribution is -2.03. The Hall–Kier alpha value is -8.61. The fourth-order valence-electron chi connectivity index (χ4n) is 8.72. The summed E-state index contributed by atoms with van der Waals surface area (Å²) in [5.41, 5.74) is 4.68. The van der Waals surface area contributed by atoms with Gasteiger partial charge in [0.15, 0.2) is 17.5 Å². The first kappa shape index (κ1) is 25.2. The van der Waals surface area contributed by atoms with Crippen LogP contribution >= 0.6 is 0 Å². The number of nitrogens with zero attached hydrogens (tertiary/aromatic N) is 5. The molecule has 294 valence electrons. The number of rotatable bonds is 6. The maximum absolute atomic E-state index is 9.84. The van der Waals surface area contributed by atoms with Crippen LogP contribution in [0.3, 0.4) is 0 Å². The van der Waals surface area contributed by atoms with E-state index in [1.165, 1.54) is 24.3 Å². The van der Waals surface area contributed by atoms with E-state index in [0.29, 0.717) is 50.7 Å². The van der Waals surface area contributed by atoms with Gasteiger partial charge in [0.05, 0.1) is 44.2 Å². The van der Waals surface area contributed by atoms with E-state index < -0.39 is 0 Å². The van der Waals surface area contributed by atoms with Crippen LogP contribution in [0.5, 0.6) is 0 Å². The maximum Gasteiger partial charge on any atom is 0.164 e. The molecule has 13 rings (SSSR count). The molecule has 63 heavy (non-hydrogen) atoms. The molecular formula is C57H35N5O. The van der Waals surface area contributed by atoms with Gasteiger partial charge in [-0.3, -0.25) is 0 Å². The van der Waals surface area contributed by atoms with Crippen LogP contribution in [0.1, 0.15) is 16.4 Å². The van der Waals surface area contributed by atoms with Gasteiger partial charge >= 0.3 is 0 Å². The van der Waals surface area contributed by atoms with Crippen LogP contribution in [0, 0.1) is 0 Å². The van der Waals surface area contributed by atoms with Crippen molar-refractivity contribution in [2.45, 2.75) is 0 Å². The number of aromatic nitrogens is 5. The predicted octanol–water partition coefficient (Wildman–Crippen LogP) is 14.6. The molecule has 0 aliphatic carbocycles. The molecule has 0 saturated heterocycles. The second-order valence-corrected chi connectivity index (χ2v) is 15.0. The summed E-state index contributed by atoms with van der Waals surface area (Å²) in [7, 11) is 0. The average Bonchev–Trinajstić information content (AvgIpc) is 4.26. The van der Waals surface area contributed by atoms with Gasteiger partial charge in [0.2, 0.25) is 0 Å². The van der Waals surface area contributed by atoms with E-state index in [1.54, 1.807) is 28.8 Å². The molecule has 13 aromatic rings. The monoisotopic (exact) mass is 817 g/mol. The summed E-state index contributed by atoms with van der Waals surface area (Å²) in [6.07, 6.45) is 0. The highest BCUT2D eigenvalue weighted by Gasteiger charge is 2.25. The lowest BCUT2D eigenvalue weighted by molar-refractivity contribution is 0.670. The second-order valence-electron chi connectivity index (χ2n) is 15.0. The zero-order chi connectivity index (χ0) is 51.9. The molecule has 0 unspecified atom stereocenters. The van der Waals surface area contributed by atoms with Crippen LogP contribution in [-0.2, 0) is 0 Å². The molecule has 4 aromatic heterocycles. The Morgan fingerprint density at radius 2 is 1.00 bits per heavy atom. The summed E-state index contributed by atoms with van der Waals surface area (Å²) in [5, 5.41) is 0.731. The average molecular weight is 818 g/mol. The third-order valence-corrected chi connectivity index (χ3v) is 11.5. The number of furan rings is 1. The molecule has 0 spiro atoms. The molecule has 0 radical (unpaired) electrons. The van der Waals surface area contributed by atoms with Crippen molar-refractivity contribution in [3.8, 4) is 56.7 Å². The molecule has 6 heteroatoms. The minimum atomic E-state index is -0.362. The molecular weight excluding hydrogens is 771 g/mol. The molecule has 6 nitrogen and oxygen atoms in total. The van der Waals surface area contributed by atoms with Crippen molar-refractivity contribution < 1.29 is 20.9 Å². The third-order valence-electron chi connectivity index (χ3n) is 11.5. The Morgan fingerprint density at radius 1 is 0.397 bits per heavy atom. The molecule has 0 saturated carbocycles. The Labute approximate surface area is 378 Å². The van der Waals surface area contributed by atoms with Crippen molar-refractivity contribution in [2.75, 3.05) is 0 Å². The van der Waals surface area contributed by atoms with E-state index in [1.807, 2.05) is 95.6 Å². The Bertz CT molecular complexity index is 4560. The third kappa shape index (κ3) is 5.48. The van der Waals surface area contributed by atoms with Crippen LogP contribution in [-0.4, -0.2) is 24.1 Å². The highest BCUT2D eigenvalue weighted by molar-refractivity contribution is 6.24. The number of hydrogen-bond acceptors (Lipinski definition) is 4. The van der Waals surface area contributed by atoms with Gasteiger partial charge in [0, 0.05) is 65.8 Å². The predicted molar refractivity (Wildman–Crippen MR) is 258 cm³/mol. The number of para-hydroxylation sites is 5. The van der Waals surface area contributed by atoms with Gasteiger partial charge in [-0.15, -0.1) is 0 Å². The van der Waals surface area contributed by atoms with Gasteiger partial charge in [0.25, 0.3) is 0 Å². The smallest absolute Gasteiger partial charge is 0.164 e. The van der Waals surface area contributed by atoms with Crippen molar-refractivity contribution in [3.05, 3.63) is 212 Å². The first-order chi connectivity index (χ1) is 36.2. The zero-order valence-electron chi connectivity index (χ0n) is 44.9. The Kier molecular flexibility index (Phi) is 5.60. The minimum absolute atomic E-state index is 0.0290. The van der Waals surface area contributed by atoms with Crippen LogP contribution in [0.15, 0.2) is 216 Å². The van der Waals surface area contributed by atoms with E-state index in [2.05, 4.69) is 0 Å². The molecule has 0 atom stereocenters. The highest BCUT2D eigenvalue weighted by Crippen LogP contribution is 2.45. The Morgan fingerprint density at radius 3 is 1.73 bits per heavy atom. The molecule has 0 amide bonds. The Balaban J connectivity index is 1.25. The van der Waals surface area contributed by atoms with Crippen LogP contribution in [0.2, 0.25) is 0 Å². The van der Waals surface area contributed by atoms with Gasteiger partial charge in [-0.1, -0.05) is 164 Å². The molecule has 0 bridgehead atoms. The first-order valence-electron chi connectivity index (χ1n) is 26.2. The van der Waals surface area contributed by atoms with E-state index >= 15 is 0 Å². The fraction of sp³-hybridized carbons (Fsp3) is 0. The van der Waals surface area contributed by atoms with Gasteiger partial charge in [-0.05, 0) is 48.5 Å². The van der Waals surface area contributed by atoms with Crippen LogP contribution in [0.4, 0.5) is 0 Å². The van der Waals surface area contributed by atoms with Gasteiger partial charge in [-0.25, -0.2) is 15.0 Å². The second kappa shape index (κ2) is 14.0. The summed E-state index contributed by atoms with van der Waals surface area (Å²) in [4.78, 5) is 15.0. The number of hydrogen-bond donors (Lipinski definition) is 0. The molecule has 0 fully saturated rings. The summed E-state index contributed by atoms with van der Waals surface area (Å²) in [6, 6.07) is 37.6. The summed E-state index contributed by atoms with van der Waals surface area (Å²) < 4.78 is 120. The van der Waals surface area contributed by atoms with Crippen molar-refractivity contribution in [1.82, 2.24) is 24.1 Å². The lowest BCUT2D eigenvalue weighted by atomic mass is 9.97. The fourth-order valence-corrected chi connectivity index (χ4v) is 8.72. The summed E-state index contributed by atoms with van der Waals surface area (Å²) >= 11 is 0. The largest absolute Gasteiger partial charge is 0.455 e. The molecule has 4 heterocycles. The molecule has 0 N–H and O–H groups in total. The summed E-state index contributed by atoms with van der Waals surface area (Å²) in [5.74, 6) is 1.03. The van der Waals surface area contributed by atoms with E-state index in [0.717, 1.165) is 11.1 Å². The molecule has 0 aliphatic rings. The normalized spacial score (nSPS) is 14.5. The highest BCUT2D eigenvalue weighted by atomic mass is 16.3. The van der Waals surface area contributed by atoms with E-state index in [9.17, 15) is 8.22 Å². The topological polar surface area (TPSA) is 61.7 Å². The maximum atomic E-state index is 9.84. The number of benzene rings is 9. The van der Waals surface area contributed by atoms with Gasteiger partial charge in [-0.2, -0.15) is 0 Å². The molecule has 9 aromatic carbocycles. The SMILES string of the molecule is [2H]c1cc2c(c([2H])c1[2H])c1c([2H])c([2H])c3c4c([2H])c([2H])ccc4n(-c4ccc(-c5nc(-c6ccccc6)nc(-c6ccccc6)n5)cc4-c4cc([2H])c([2H])c5c4oc4c([2H])cc([2H])c([2H])c45)c3c1n2-c1ccccc1. The summed E-state index contributed by atoms with van der Waals surface area (Å²) in [6.45, 7) is 0. The van der Waals surface area contributed by atoms with E-state index in [-0.39, 0.29) is 133 Å². The van der Waals surface area contributed by atoms with Crippen LogP contribution < -0.4 is 0 Å². The van der Waals surface area contributed by atoms with Crippen molar-refractivity contribution in [3.63, 3.8) is 0 Å². The minimum Gasteiger partial charge on any atom is -0.455 e. The quantitative estimate of drug-likeness (QED) is 0.168. The van der Waals surface area contributed by atoms with Gasteiger partial charge in [0.1, 0.15) is 11.2 Å². The van der Waals surface area contributed by atoms with Crippen LogP contribution in [0.25, 0.3) is 122 Å². The number of fused-ring (bicyclic) bond motifs is 10. The van der Waals surface area contributed by atoms with E-state index in [4.69, 9.17) is 27.6 Å². The van der Waals surface area contributed by atoms with Crippen molar-refractivity contribution >= 4 is 65.6 Å². The standard InChI is InChI=1S/C57H35N5O/c1-4-17-36(18-5-1)55-58-56(37-19-6-2-7-20-37)60-57(59-55)38-31-34-50(47(35-38)46-27-16-26-45-42-25-12-15-30-51(42)63-54(45)46)62-49-29-14-11-24-41(49)44-33-32-43-40-23-10-13-28-48(40)61(52(43)53(44)62)39-21-8-3-9-22-39/h1-35H/i10D,11D,12D,13D,16D,23D,24D,25D,26D,30D,32D,33D. The lowest BCUT2D eigenvalue weighted by Gasteiger charge is -2.17. The first-order valence-corrected chi connectivity index (χ1v) is 20.2. The van der Waals surface area contributed by atoms with Crippen molar-refractivity contribution in [2.24, 2.45) is 0 Å². The zero-order valence-corrected chi connectivity index (χ0v) is 32.9. The van der Waals surface area contributed by atoms with Gasteiger partial charge < -0.3 is 13.6 Å². The molecule has 0 aliphatic heterocycles. The van der Waals surface area contributed by atoms with Crippen molar-refractivity contribution in [1.29, 1.82) is 0 Å².